The lowest BCUT2D eigenvalue weighted by Gasteiger charge is -2.32. The number of H-pyrrole nitrogens is 1. The number of carbonyl (C=O) groups excluding carboxylic acids is 2. The Bertz CT molecular complexity index is 1180. The zero-order chi connectivity index (χ0) is 24.0. The fourth-order valence-corrected chi connectivity index (χ4v) is 3.65. The van der Waals surface area contributed by atoms with Crippen LogP contribution in [0.4, 0.5) is 0 Å². The predicted molar refractivity (Wildman–Crippen MR) is 131 cm³/mol. The van der Waals surface area contributed by atoms with Gasteiger partial charge in [0.25, 0.3) is 5.91 Å². The van der Waals surface area contributed by atoms with Gasteiger partial charge in [-0.15, -0.1) is 0 Å². The highest BCUT2D eigenvalue weighted by Crippen LogP contribution is 2.31. The second kappa shape index (κ2) is 10.3. The van der Waals surface area contributed by atoms with Crippen molar-refractivity contribution >= 4 is 22.7 Å². The van der Waals surface area contributed by atoms with Gasteiger partial charge >= 0.3 is 0 Å². The molecular weight excluding hydrogens is 414 g/mol. The van der Waals surface area contributed by atoms with Crippen molar-refractivity contribution in [2.75, 3.05) is 7.11 Å². The van der Waals surface area contributed by atoms with Crippen LogP contribution in [0.1, 0.15) is 51.3 Å². The monoisotopic (exact) mass is 445 g/mol. The van der Waals surface area contributed by atoms with E-state index >= 15 is 0 Å². The number of nitrogens with zero attached hydrogens (tertiary/aromatic N) is 1. The molecule has 0 aliphatic carbocycles. The molecule has 6 heteroatoms. The molecule has 0 aliphatic heterocycles. The molecule has 3 aromatic rings. The number of methoxy groups -OCH3 is 1. The number of rotatable bonds is 6. The van der Waals surface area contributed by atoms with Crippen LogP contribution >= 0.6 is 0 Å². The fraction of sp³-hybridized carbons (Fsp3) is 0.333. The molecule has 172 valence electrons. The smallest absolute Gasteiger partial charge is 0.299 e. The molecule has 0 bridgehead atoms. The predicted octanol–water partition coefficient (Wildman–Crippen LogP) is 4.57. The van der Waals surface area contributed by atoms with Crippen molar-refractivity contribution in [3.8, 4) is 17.6 Å². The molecule has 2 amide bonds. The van der Waals surface area contributed by atoms with Crippen molar-refractivity contribution < 1.29 is 14.3 Å². The van der Waals surface area contributed by atoms with E-state index in [1.54, 1.807) is 18.2 Å². The molecule has 1 unspecified atom stereocenters. The van der Waals surface area contributed by atoms with E-state index in [2.05, 4.69) is 22.1 Å². The molecule has 0 fully saturated rings. The third-order valence-electron chi connectivity index (χ3n) is 5.12. The molecule has 33 heavy (non-hydrogen) atoms. The van der Waals surface area contributed by atoms with Crippen LogP contribution in [0, 0.1) is 11.8 Å². The highest BCUT2D eigenvalue weighted by Gasteiger charge is 2.34. The Labute approximate surface area is 195 Å². The molecule has 1 heterocycles. The lowest BCUT2D eigenvalue weighted by Crippen LogP contribution is -2.48. The minimum Gasteiger partial charge on any atom is -0.497 e. The lowest BCUT2D eigenvalue weighted by atomic mass is 10.00. The Morgan fingerprint density at radius 3 is 2.45 bits per heavy atom. The first-order chi connectivity index (χ1) is 15.7. The molecule has 0 saturated heterocycles. The largest absolute Gasteiger partial charge is 0.497 e. The van der Waals surface area contributed by atoms with Crippen LogP contribution in [-0.4, -0.2) is 34.3 Å². The zero-order valence-electron chi connectivity index (χ0n) is 19.9. The number of nitrogens with one attached hydrogen (secondary N) is 2. The van der Waals surface area contributed by atoms with Gasteiger partial charge in [0.05, 0.1) is 7.11 Å². The number of ether oxygens (including phenoxy) is 1. The Hall–Kier alpha value is -3.72. The molecule has 0 radical (unpaired) electrons. The van der Waals surface area contributed by atoms with Crippen molar-refractivity contribution in [3.05, 3.63) is 65.9 Å². The first-order valence-electron chi connectivity index (χ1n) is 11.0. The normalized spacial score (nSPS) is 11.9. The quantitative estimate of drug-likeness (QED) is 0.546. The maximum atomic E-state index is 13.6. The molecule has 1 aromatic heterocycles. The van der Waals surface area contributed by atoms with Gasteiger partial charge in [-0.1, -0.05) is 43.2 Å². The van der Waals surface area contributed by atoms with Crippen LogP contribution in [0.5, 0.6) is 5.75 Å². The van der Waals surface area contributed by atoms with Crippen molar-refractivity contribution in [1.82, 2.24) is 15.2 Å². The minimum atomic E-state index is -0.860. The number of carbonyl (C=O) groups is 2. The number of hydrogen-bond acceptors (Lipinski definition) is 3. The summed E-state index contributed by atoms with van der Waals surface area (Å²) in [5.74, 6) is 5.63. The lowest BCUT2D eigenvalue weighted by molar-refractivity contribution is -0.138. The SMILES string of the molecule is CCC#CC(=O)N(Cc1ccc(OC)cc1)C(C(=O)NC(C)(C)C)c1c[nH]c2ccccc12. The van der Waals surface area contributed by atoms with E-state index in [-0.39, 0.29) is 12.5 Å². The maximum absolute atomic E-state index is 13.6. The van der Waals surface area contributed by atoms with E-state index in [1.807, 2.05) is 76.2 Å². The summed E-state index contributed by atoms with van der Waals surface area (Å²) in [5.41, 5.74) is 2.03. The van der Waals surface area contributed by atoms with E-state index in [9.17, 15) is 9.59 Å². The first kappa shape index (κ1) is 23.9. The zero-order valence-corrected chi connectivity index (χ0v) is 19.9. The number of aromatic amines is 1. The fourth-order valence-electron chi connectivity index (χ4n) is 3.65. The highest BCUT2D eigenvalue weighted by atomic mass is 16.5. The Balaban J connectivity index is 2.12. The molecule has 3 rings (SSSR count). The second-order valence-corrected chi connectivity index (χ2v) is 8.87. The molecule has 2 N–H and O–H groups in total. The summed E-state index contributed by atoms with van der Waals surface area (Å²) in [6, 6.07) is 14.3. The van der Waals surface area contributed by atoms with E-state index in [4.69, 9.17) is 4.74 Å². The summed E-state index contributed by atoms with van der Waals surface area (Å²) in [5, 5.41) is 3.94. The Kier molecular flexibility index (Phi) is 7.44. The van der Waals surface area contributed by atoms with Gasteiger partial charge in [-0.05, 0) is 50.5 Å². The molecule has 0 aliphatic rings. The van der Waals surface area contributed by atoms with Gasteiger partial charge in [0.1, 0.15) is 11.8 Å². The summed E-state index contributed by atoms with van der Waals surface area (Å²) >= 11 is 0. The topological polar surface area (TPSA) is 74.4 Å². The third-order valence-corrected chi connectivity index (χ3v) is 5.12. The Morgan fingerprint density at radius 2 is 1.82 bits per heavy atom. The van der Waals surface area contributed by atoms with Crippen LogP contribution in [0.2, 0.25) is 0 Å². The van der Waals surface area contributed by atoms with Gasteiger partial charge in [0.15, 0.2) is 0 Å². The van der Waals surface area contributed by atoms with Crippen LogP contribution < -0.4 is 10.1 Å². The summed E-state index contributed by atoms with van der Waals surface area (Å²) < 4.78 is 5.25. The molecular formula is C27H31N3O3. The second-order valence-electron chi connectivity index (χ2n) is 8.87. The van der Waals surface area contributed by atoms with Crippen molar-refractivity contribution in [1.29, 1.82) is 0 Å². The van der Waals surface area contributed by atoms with E-state index in [0.717, 1.165) is 27.8 Å². The van der Waals surface area contributed by atoms with Gasteiger partial charge in [-0.3, -0.25) is 9.59 Å². The number of aromatic nitrogens is 1. The van der Waals surface area contributed by atoms with Gasteiger partial charge in [-0.2, -0.15) is 0 Å². The number of para-hydroxylation sites is 1. The summed E-state index contributed by atoms with van der Waals surface area (Å²) in [6.07, 6.45) is 2.35. The van der Waals surface area contributed by atoms with Gasteiger partial charge in [0, 0.05) is 41.2 Å². The molecule has 6 nitrogen and oxygen atoms in total. The van der Waals surface area contributed by atoms with Crippen LogP contribution in [0.3, 0.4) is 0 Å². The van der Waals surface area contributed by atoms with E-state index < -0.39 is 17.5 Å². The average molecular weight is 446 g/mol. The van der Waals surface area contributed by atoms with Crippen molar-refractivity contribution in [2.24, 2.45) is 0 Å². The van der Waals surface area contributed by atoms with Gasteiger partial charge in [-0.25, -0.2) is 0 Å². The third kappa shape index (κ3) is 5.95. The standard InChI is InChI=1S/C27H31N3O3/c1-6-7-12-24(31)30(18-19-13-15-20(33-5)16-14-19)25(26(32)29-27(2,3)4)22-17-28-23-11-9-8-10-21(22)23/h8-11,13-17,25,28H,6,18H2,1-5H3,(H,29,32). The van der Waals surface area contributed by atoms with Gasteiger partial charge < -0.3 is 19.9 Å². The molecule has 2 aromatic carbocycles. The number of hydrogen-bond donors (Lipinski definition) is 2. The van der Waals surface area contributed by atoms with Crippen molar-refractivity contribution in [2.45, 2.75) is 52.2 Å². The average Bonchev–Trinajstić information content (AvgIpc) is 3.20. The van der Waals surface area contributed by atoms with Crippen LogP contribution in [-0.2, 0) is 16.1 Å². The summed E-state index contributed by atoms with van der Waals surface area (Å²) in [7, 11) is 1.61. The highest BCUT2D eigenvalue weighted by molar-refractivity contribution is 5.99. The minimum absolute atomic E-state index is 0.225. The van der Waals surface area contributed by atoms with E-state index in [0.29, 0.717) is 6.42 Å². The number of benzene rings is 2. The van der Waals surface area contributed by atoms with Gasteiger partial charge in [0.2, 0.25) is 5.91 Å². The van der Waals surface area contributed by atoms with Crippen LogP contribution in [0.25, 0.3) is 10.9 Å². The number of amides is 2. The molecule has 0 spiro atoms. The summed E-state index contributed by atoms with van der Waals surface area (Å²) in [6.45, 7) is 7.87. The molecule has 0 saturated carbocycles. The number of fused-ring (bicyclic) bond motifs is 1. The van der Waals surface area contributed by atoms with E-state index in [1.165, 1.54) is 0 Å². The maximum Gasteiger partial charge on any atom is 0.299 e. The first-order valence-corrected chi connectivity index (χ1v) is 11.0. The Morgan fingerprint density at radius 1 is 1.12 bits per heavy atom. The van der Waals surface area contributed by atoms with Crippen LogP contribution in [0.15, 0.2) is 54.7 Å². The summed E-state index contributed by atoms with van der Waals surface area (Å²) in [4.78, 5) is 31.7. The van der Waals surface area contributed by atoms with Crippen molar-refractivity contribution in [3.63, 3.8) is 0 Å². The molecule has 1 atom stereocenters.